The maximum absolute atomic E-state index is 12.3. The highest BCUT2D eigenvalue weighted by Gasteiger charge is 2.18. The molecule has 1 aromatic carbocycles. The molecule has 7 heteroatoms. The van der Waals surface area contributed by atoms with E-state index in [4.69, 9.17) is 5.73 Å². The van der Waals surface area contributed by atoms with Crippen LogP contribution in [0.25, 0.3) is 0 Å². The first-order valence-corrected chi connectivity index (χ1v) is 6.99. The Morgan fingerprint density at radius 1 is 1.41 bits per heavy atom. The summed E-state index contributed by atoms with van der Waals surface area (Å²) in [4.78, 5) is 25.3. The van der Waals surface area contributed by atoms with Gasteiger partial charge in [0, 0.05) is 31.0 Å². The summed E-state index contributed by atoms with van der Waals surface area (Å²) in [5.74, 6) is -0.690. The van der Waals surface area contributed by atoms with Gasteiger partial charge in [-0.1, -0.05) is 6.07 Å². The van der Waals surface area contributed by atoms with Crippen LogP contribution in [0.4, 0.5) is 11.4 Å². The Labute approximate surface area is 127 Å². The van der Waals surface area contributed by atoms with Gasteiger partial charge >= 0.3 is 0 Å². The zero-order chi connectivity index (χ0) is 15.7. The third-order valence-corrected chi connectivity index (χ3v) is 3.68. The van der Waals surface area contributed by atoms with Gasteiger partial charge in [0.05, 0.1) is 11.9 Å². The topological polar surface area (TPSA) is 93.2 Å². The molecular formula is C15H17N5O2. The van der Waals surface area contributed by atoms with E-state index in [0.29, 0.717) is 11.3 Å². The van der Waals surface area contributed by atoms with E-state index in [9.17, 15) is 9.59 Å². The molecule has 0 saturated carbocycles. The van der Waals surface area contributed by atoms with Crippen molar-refractivity contribution in [2.45, 2.75) is 13.0 Å². The van der Waals surface area contributed by atoms with Crippen molar-refractivity contribution < 1.29 is 9.59 Å². The molecule has 3 rings (SSSR count). The lowest BCUT2D eigenvalue weighted by Crippen LogP contribution is -2.18. The van der Waals surface area contributed by atoms with E-state index in [1.54, 1.807) is 6.20 Å². The second-order valence-electron chi connectivity index (χ2n) is 5.36. The number of primary amides is 1. The van der Waals surface area contributed by atoms with E-state index in [1.807, 2.05) is 25.2 Å². The minimum atomic E-state index is -0.484. The average molecular weight is 299 g/mol. The second-order valence-corrected chi connectivity index (χ2v) is 5.36. The van der Waals surface area contributed by atoms with E-state index in [1.165, 1.54) is 16.4 Å². The largest absolute Gasteiger partial charge is 0.374 e. The van der Waals surface area contributed by atoms with Crippen molar-refractivity contribution in [3.63, 3.8) is 0 Å². The molecular weight excluding hydrogens is 282 g/mol. The van der Waals surface area contributed by atoms with E-state index in [-0.39, 0.29) is 12.5 Å². The van der Waals surface area contributed by atoms with Crippen LogP contribution in [0, 0.1) is 0 Å². The van der Waals surface area contributed by atoms with Crippen LogP contribution in [0.3, 0.4) is 0 Å². The Bertz CT molecular complexity index is 737. The number of nitrogens with one attached hydrogen (secondary N) is 1. The standard InChI is InChI=1S/C15H17N5O2/c1-19-5-4-10-2-3-11(6-13(10)19)15(22)18-12-7-17-20(8-12)9-14(16)21/h2-3,6-8H,4-5,9H2,1H3,(H2,16,21)(H,18,22). The maximum Gasteiger partial charge on any atom is 0.255 e. The molecule has 0 fully saturated rings. The maximum atomic E-state index is 12.3. The molecule has 0 aliphatic carbocycles. The van der Waals surface area contributed by atoms with Crippen LogP contribution in [-0.2, 0) is 17.8 Å². The lowest BCUT2D eigenvalue weighted by molar-refractivity contribution is -0.118. The van der Waals surface area contributed by atoms with E-state index < -0.39 is 5.91 Å². The molecule has 0 radical (unpaired) electrons. The zero-order valence-electron chi connectivity index (χ0n) is 12.2. The number of amides is 2. The van der Waals surface area contributed by atoms with E-state index in [0.717, 1.165) is 18.7 Å². The molecule has 1 aromatic heterocycles. The first-order chi connectivity index (χ1) is 10.5. The summed E-state index contributed by atoms with van der Waals surface area (Å²) in [7, 11) is 2.02. The number of anilines is 2. The van der Waals surface area contributed by atoms with Gasteiger partial charge in [0.1, 0.15) is 6.54 Å². The Morgan fingerprint density at radius 3 is 3.00 bits per heavy atom. The first-order valence-electron chi connectivity index (χ1n) is 6.99. The lowest BCUT2D eigenvalue weighted by Gasteiger charge is -2.12. The third-order valence-electron chi connectivity index (χ3n) is 3.68. The number of hydrogen-bond donors (Lipinski definition) is 2. The smallest absolute Gasteiger partial charge is 0.255 e. The highest BCUT2D eigenvalue weighted by atomic mass is 16.2. The predicted octanol–water partition coefficient (Wildman–Crippen LogP) is 0.613. The van der Waals surface area contributed by atoms with Crippen LogP contribution in [0.2, 0.25) is 0 Å². The third kappa shape index (κ3) is 2.78. The van der Waals surface area contributed by atoms with Crippen LogP contribution < -0.4 is 16.0 Å². The Morgan fingerprint density at radius 2 is 2.23 bits per heavy atom. The monoisotopic (exact) mass is 299 g/mol. The van der Waals surface area contributed by atoms with Crippen LogP contribution in [-0.4, -0.2) is 35.2 Å². The fourth-order valence-electron chi connectivity index (χ4n) is 2.56. The molecule has 1 aliphatic rings. The van der Waals surface area contributed by atoms with Crippen LogP contribution >= 0.6 is 0 Å². The molecule has 1 aliphatic heterocycles. The average Bonchev–Trinajstić information content (AvgIpc) is 3.05. The van der Waals surface area contributed by atoms with Crippen molar-refractivity contribution >= 4 is 23.2 Å². The number of carbonyl (C=O) groups excluding carboxylic acids is 2. The minimum absolute atomic E-state index is 0.0144. The highest BCUT2D eigenvalue weighted by molar-refractivity contribution is 6.04. The molecule has 22 heavy (non-hydrogen) atoms. The van der Waals surface area contributed by atoms with Crippen molar-refractivity contribution in [3.05, 3.63) is 41.7 Å². The molecule has 0 bridgehead atoms. The van der Waals surface area contributed by atoms with Crippen LogP contribution in [0.15, 0.2) is 30.6 Å². The second kappa shape index (κ2) is 5.51. The molecule has 0 spiro atoms. The van der Waals surface area contributed by atoms with Crippen LogP contribution in [0.5, 0.6) is 0 Å². The SMILES string of the molecule is CN1CCc2ccc(C(=O)Nc3cnn(CC(N)=O)c3)cc21. The van der Waals surface area contributed by atoms with Gasteiger partial charge in [0.25, 0.3) is 5.91 Å². The van der Waals surface area contributed by atoms with Gasteiger partial charge in [-0.3, -0.25) is 14.3 Å². The molecule has 2 heterocycles. The molecule has 7 nitrogen and oxygen atoms in total. The summed E-state index contributed by atoms with van der Waals surface area (Å²) in [6.07, 6.45) is 4.07. The number of aromatic nitrogens is 2. The Balaban J connectivity index is 1.73. The van der Waals surface area contributed by atoms with Gasteiger partial charge < -0.3 is 16.0 Å². The number of nitrogens with zero attached hydrogens (tertiary/aromatic N) is 3. The van der Waals surface area contributed by atoms with Crippen molar-refractivity contribution in [2.24, 2.45) is 5.73 Å². The number of fused-ring (bicyclic) bond motifs is 1. The number of hydrogen-bond acceptors (Lipinski definition) is 4. The summed E-state index contributed by atoms with van der Waals surface area (Å²) in [5.41, 5.74) is 8.57. The summed E-state index contributed by atoms with van der Waals surface area (Å²) in [6, 6.07) is 5.71. The summed E-state index contributed by atoms with van der Waals surface area (Å²) >= 11 is 0. The van der Waals surface area contributed by atoms with E-state index >= 15 is 0 Å². The zero-order valence-corrected chi connectivity index (χ0v) is 12.2. The van der Waals surface area contributed by atoms with E-state index in [2.05, 4.69) is 15.3 Å². The molecule has 3 N–H and O–H groups in total. The number of likely N-dealkylation sites (N-methyl/N-ethyl adjacent to an activating group) is 1. The van der Waals surface area contributed by atoms with Crippen molar-refractivity contribution in [1.82, 2.24) is 9.78 Å². The summed E-state index contributed by atoms with van der Waals surface area (Å²) in [5, 5.41) is 6.73. The number of nitrogens with two attached hydrogens (primary N) is 1. The van der Waals surface area contributed by atoms with Gasteiger partial charge in [0.15, 0.2) is 0 Å². The lowest BCUT2D eigenvalue weighted by atomic mass is 10.1. The van der Waals surface area contributed by atoms with Gasteiger partial charge in [-0.2, -0.15) is 5.10 Å². The number of carbonyl (C=O) groups is 2. The number of rotatable bonds is 4. The first kappa shape index (κ1) is 14.1. The van der Waals surface area contributed by atoms with Crippen molar-refractivity contribution in [3.8, 4) is 0 Å². The van der Waals surface area contributed by atoms with Gasteiger partial charge in [0.2, 0.25) is 5.91 Å². The summed E-state index contributed by atoms with van der Waals surface area (Å²) < 4.78 is 1.38. The normalized spacial score (nSPS) is 13.0. The highest BCUT2D eigenvalue weighted by Crippen LogP contribution is 2.27. The molecule has 0 atom stereocenters. The molecule has 0 saturated heterocycles. The van der Waals surface area contributed by atoms with Crippen LogP contribution in [0.1, 0.15) is 15.9 Å². The predicted molar refractivity (Wildman–Crippen MR) is 82.8 cm³/mol. The van der Waals surface area contributed by atoms with Gasteiger partial charge in [-0.05, 0) is 24.1 Å². The van der Waals surface area contributed by atoms with Crippen molar-refractivity contribution in [1.29, 1.82) is 0 Å². The van der Waals surface area contributed by atoms with Crippen molar-refractivity contribution in [2.75, 3.05) is 23.8 Å². The summed E-state index contributed by atoms with van der Waals surface area (Å²) in [6.45, 7) is 0.958. The number of benzene rings is 1. The molecule has 114 valence electrons. The minimum Gasteiger partial charge on any atom is -0.374 e. The molecule has 2 amide bonds. The molecule has 2 aromatic rings. The molecule has 0 unspecified atom stereocenters. The Kier molecular flexibility index (Phi) is 3.54. The van der Waals surface area contributed by atoms with Gasteiger partial charge in [-0.15, -0.1) is 0 Å². The quantitative estimate of drug-likeness (QED) is 0.865. The Hall–Kier alpha value is -2.83. The fraction of sp³-hybridized carbons (Fsp3) is 0.267. The van der Waals surface area contributed by atoms with Gasteiger partial charge in [-0.25, -0.2) is 0 Å². The fourth-order valence-corrected chi connectivity index (χ4v) is 2.56.